The Kier molecular flexibility index (Phi) is 5.08. The molecule has 0 fully saturated rings. The van der Waals surface area contributed by atoms with E-state index in [1.807, 2.05) is 0 Å². The SMILES string of the molecule is CC(C)(C)c1ccc(C(C)(C)C)[nH]1.[BaH2]. The Bertz CT molecular complexity index is 258. The van der Waals surface area contributed by atoms with Crippen LogP contribution in [0.4, 0.5) is 0 Å². The zero-order valence-electron chi connectivity index (χ0n) is 9.65. The fraction of sp³-hybridized carbons (Fsp3) is 0.667. The van der Waals surface area contributed by atoms with Gasteiger partial charge < -0.3 is 4.98 Å². The molecule has 0 aliphatic carbocycles. The molecule has 0 unspecified atom stereocenters. The summed E-state index contributed by atoms with van der Waals surface area (Å²) in [6, 6.07) is 4.39. The molecule has 14 heavy (non-hydrogen) atoms. The van der Waals surface area contributed by atoms with Crippen LogP contribution in [0.25, 0.3) is 0 Å². The van der Waals surface area contributed by atoms with Crippen molar-refractivity contribution >= 4 is 48.9 Å². The molecule has 1 aromatic heterocycles. The predicted octanol–water partition coefficient (Wildman–Crippen LogP) is 2.69. The van der Waals surface area contributed by atoms with E-state index in [2.05, 4.69) is 58.7 Å². The molecule has 1 heterocycles. The minimum atomic E-state index is 0. The molecular formula is C12H23BaN. The fourth-order valence-electron chi connectivity index (χ4n) is 1.27. The topological polar surface area (TPSA) is 15.8 Å². The molecule has 0 saturated heterocycles. The van der Waals surface area contributed by atoms with Crippen molar-refractivity contribution in [2.45, 2.75) is 52.4 Å². The molecule has 1 rings (SSSR count). The molecule has 1 aromatic rings. The molecule has 1 N–H and O–H groups in total. The first kappa shape index (κ1) is 14.9. The molecular weight excluding hydrogens is 295 g/mol. The first-order valence-electron chi connectivity index (χ1n) is 4.91. The van der Waals surface area contributed by atoms with Gasteiger partial charge >= 0.3 is 48.9 Å². The molecule has 0 bridgehead atoms. The summed E-state index contributed by atoms with van der Waals surface area (Å²) in [6.07, 6.45) is 0. The summed E-state index contributed by atoms with van der Waals surface area (Å²) in [5, 5.41) is 0. The molecule has 0 aliphatic rings. The number of aromatic nitrogens is 1. The van der Waals surface area contributed by atoms with Crippen molar-refractivity contribution in [3.8, 4) is 0 Å². The zero-order valence-corrected chi connectivity index (χ0v) is 9.65. The number of hydrogen-bond acceptors (Lipinski definition) is 0. The quantitative estimate of drug-likeness (QED) is 0.708. The molecule has 0 aliphatic heterocycles. The van der Waals surface area contributed by atoms with E-state index in [9.17, 15) is 0 Å². The minimum absolute atomic E-state index is 0. The van der Waals surface area contributed by atoms with Gasteiger partial charge in [0.25, 0.3) is 0 Å². The van der Waals surface area contributed by atoms with Gasteiger partial charge in [-0.3, -0.25) is 0 Å². The van der Waals surface area contributed by atoms with Crippen LogP contribution < -0.4 is 0 Å². The van der Waals surface area contributed by atoms with Gasteiger partial charge in [0.15, 0.2) is 0 Å². The van der Waals surface area contributed by atoms with Gasteiger partial charge in [-0.05, 0) is 12.1 Å². The van der Waals surface area contributed by atoms with Crippen LogP contribution in [0.15, 0.2) is 12.1 Å². The third kappa shape index (κ3) is 3.78. The van der Waals surface area contributed by atoms with E-state index in [0.29, 0.717) is 0 Å². The predicted molar refractivity (Wildman–Crippen MR) is 66.7 cm³/mol. The normalized spacial score (nSPS) is 12.4. The first-order chi connectivity index (χ1) is 5.71. The van der Waals surface area contributed by atoms with Gasteiger partial charge in [-0.25, -0.2) is 0 Å². The van der Waals surface area contributed by atoms with Crippen LogP contribution in [-0.2, 0) is 10.8 Å². The molecule has 0 aromatic carbocycles. The standard InChI is InChI=1S/C12H21N.Ba.2H/c1-11(2,3)9-7-8-10(13-9)12(4,5)6;;;/h7-8,13H,1-6H3;;;. The number of H-pyrrole nitrogens is 1. The monoisotopic (exact) mass is 319 g/mol. The molecule has 0 saturated carbocycles. The van der Waals surface area contributed by atoms with Gasteiger partial charge in [0.1, 0.15) is 0 Å². The summed E-state index contributed by atoms with van der Waals surface area (Å²) in [5.74, 6) is 0. The van der Waals surface area contributed by atoms with E-state index >= 15 is 0 Å². The molecule has 78 valence electrons. The van der Waals surface area contributed by atoms with Gasteiger partial charge in [0.05, 0.1) is 0 Å². The second kappa shape index (κ2) is 4.79. The number of hydrogen-bond donors (Lipinski definition) is 1. The van der Waals surface area contributed by atoms with Crippen LogP contribution in [0.2, 0.25) is 0 Å². The van der Waals surface area contributed by atoms with Crippen molar-refractivity contribution in [3.63, 3.8) is 0 Å². The van der Waals surface area contributed by atoms with Crippen LogP contribution in [0, 0.1) is 0 Å². The van der Waals surface area contributed by atoms with Gasteiger partial charge in [-0.15, -0.1) is 0 Å². The van der Waals surface area contributed by atoms with Gasteiger partial charge in [-0.2, -0.15) is 0 Å². The molecule has 0 atom stereocenters. The summed E-state index contributed by atoms with van der Waals surface area (Å²) in [4.78, 5) is 3.49. The average Bonchev–Trinajstić information content (AvgIpc) is 2.28. The van der Waals surface area contributed by atoms with Gasteiger partial charge in [0, 0.05) is 22.2 Å². The van der Waals surface area contributed by atoms with E-state index < -0.39 is 0 Å². The average molecular weight is 319 g/mol. The third-order valence-electron chi connectivity index (χ3n) is 2.30. The molecule has 1 nitrogen and oxygen atoms in total. The maximum absolute atomic E-state index is 3.49. The summed E-state index contributed by atoms with van der Waals surface area (Å²) in [7, 11) is 0. The van der Waals surface area contributed by atoms with Crippen LogP contribution >= 0.6 is 0 Å². The van der Waals surface area contributed by atoms with Crippen LogP contribution in [-0.4, -0.2) is 53.9 Å². The Morgan fingerprint density at radius 2 is 1.07 bits per heavy atom. The van der Waals surface area contributed by atoms with E-state index in [1.165, 1.54) is 11.4 Å². The zero-order chi connectivity index (χ0) is 10.3. The Labute approximate surface area is 128 Å². The van der Waals surface area contributed by atoms with Crippen LogP contribution in [0.3, 0.4) is 0 Å². The van der Waals surface area contributed by atoms with Gasteiger partial charge in [-0.1, -0.05) is 41.5 Å². The van der Waals surface area contributed by atoms with Crippen molar-refractivity contribution in [2.75, 3.05) is 0 Å². The summed E-state index contributed by atoms with van der Waals surface area (Å²) in [6.45, 7) is 13.4. The van der Waals surface area contributed by atoms with E-state index in [0.717, 1.165) is 0 Å². The van der Waals surface area contributed by atoms with Crippen LogP contribution in [0.1, 0.15) is 52.9 Å². The Balaban J connectivity index is 0.00000169. The van der Waals surface area contributed by atoms with E-state index in [4.69, 9.17) is 0 Å². The second-order valence-corrected chi connectivity index (χ2v) is 5.79. The fourth-order valence-corrected chi connectivity index (χ4v) is 1.27. The maximum atomic E-state index is 3.49. The van der Waals surface area contributed by atoms with E-state index in [-0.39, 0.29) is 59.7 Å². The third-order valence-corrected chi connectivity index (χ3v) is 2.30. The molecule has 0 amide bonds. The summed E-state index contributed by atoms with van der Waals surface area (Å²) >= 11 is 0. The van der Waals surface area contributed by atoms with Crippen molar-refractivity contribution in [1.82, 2.24) is 4.98 Å². The van der Waals surface area contributed by atoms with Crippen molar-refractivity contribution in [3.05, 3.63) is 23.5 Å². The summed E-state index contributed by atoms with van der Waals surface area (Å²) in [5.41, 5.74) is 3.09. The van der Waals surface area contributed by atoms with E-state index in [1.54, 1.807) is 0 Å². The van der Waals surface area contributed by atoms with Crippen molar-refractivity contribution < 1.29 is 0 Å². The Morgan fingerprint density at radius 1 is 0.786 bits per heavy atom. The molecule has 2 heteroatoms. The first-order valence-corrected chi connectivity index (χ1v) is 4.91. The molecule has 0 spiro atoms. The number of aromatic amines is 1. The van der Waals surface area contributed by atoms with Crippen LogP contribution in [0.5, 0.6) is 0 Å². The van der Waals surface area contributed by atoms with Gasteiger partial charge in [0.2, 0.25) is 0 Å². The number of nitrogens with one attached hydrogen (secondary N) is 1. The molecule has 0 radical (unpaired) electrons. The summed E-state index contributed by atoms with van der Waals surface area (Å²) < 4.78 is 0. The van der Waals surface area contributed by atoms with Crippen molar-refractivity contribution in [2.24, 2.45) is 0 Å². The number of rotatable bonds is 0. The van der Waals surface area contributed by atoms with Crippen molar-refractivity contribution in [1.29, 1.82) is 0 Å². The Hall–Kier alpha value is 0.851. The Morgan fingerprint density at radius 3 is 1.21 bits per heavy atom. The second-order valence-electron chi connectivity index (χ2n) is 5.79.